The molecule has 2 aliphatic heterocycles. The Kier molecular flexibility index (Phi) is 6.05. The number of methoxy groups -OCH3 is 1. The maximum Gasteiger partial charge on any atom is 0.326 e. The molecule has 3 aromatic carbocycles. The van der Waals surface area contributed by atoms with Crippen molar-refractivity contribution in [2.24, 2.45) is 0 Å². The largest absolute Gasteiger partial charge is 0.497 e. The maximum absolute atomic E-state index is 13.3. The average molecular weight is 456 g/mol. The van der Waals surface area contributed by atoms with Gasteiger partial charge < -0.3 is 10.1 Å². The van der Waals surface area contributed by atoms with Crippen molar-refractivity contribution < 1.29 is 9.53 Å². The zero-order chi connectivity index (χ0) is 23.7. The Labute approximate surface area is 202 Å². The van der Waals surface area contributed by atoms with E-state index in [-0.39, 0.29) is 11.4 Å². The third-order valence-corrected chi connectivity index (χ3v) is 7.40. The van der Waals surface area contributed by atoms with Gasteiger partial charge in [0.05, 0.1) is 7.11 Å². The number of likely N-dealkylation sites (tertiary alicyclic amines) is 1. The number of rotatable bonds is 4. The maximum atomic E-state index is 13.3. The highest BCUT2D eigenvalue weighted by molar-refractivity contribution is 6.03. The monoisotopic (exact) mass is 455 g/mol. The molecule has 5 heteroatoms. The van der Waals surface area contributed by atoms with Crippen molar-refractivity contribution in [2.75, 3.05) is 37.0 Å². The molecule has 2 heterocycles. The lowest BCUT2D eigenvalue weighted by Gasteiger charge is -2.40. The molecular formula is C29H33N3O2. The molecular weight excluding hydrogens is 422 g/mol. The van der Waals surface area contributed by atoms with Gasteiger partial charge in [0.1, 0.15) is 5.75 Å². The minimum absolute atomic E-state index is 0.0162. The second-order valence-corrected chi connectivity index (χ2v) is 9.81. The number of carbonyl (C=O) groups excluding carboxylic acids is 1. The summed E-state index contributed by atoms with van der Waals surface area (Å²) in [6.07, 6.45) is 2.11. The third-order valence-electron chi connectivity index (χ3n) is 7.40. The minimum atomic E-state index is -0.0748. The number of carbonyl (C=O) groups is 1. The number of urea groups is 1. The van der Waals surface area contributed by atoms with Crippen molar-refractivity contribution in [1.82, 2.24) is 4.90 Å². The van der Waals surface area contributed by atoms with E-state index in [0.717, 1.165) is 56.1 Å². The van der Waals surface area contributed by atoms with Gasteiger partial charge in [-0.2, -0.15) is 0 Å². The molecule has 2 aliphatic rings. The highest BCUT2D eigenvalue weighted by Gasteiger charge is 2.46. The van der Waals surface area contributed by atoms with Crippen molar-refractivity contribution in [3.8, 4) is 5.75 Å². The molecule has 5 nitrogen and oxygen atoms in total. The molecule has 0 saturated carbocycles. The van der Waals surface area contributed by atoms with E-state index in [9.17, 15) is 4.79 Å². The van der Waals surface area contributed by atoms with Gasteiger partial charge in [-0.1, -0.05) is 47.5 Å². The van der Waals surface area contributed by atoms with Gasteiger partial charge in [0.15, 0.2) is 0 Å². The number of fused-ring (bicyclic) bond motifs is 2. The lowest BCUT2D eigenvalue weighted by atomic mass is 9.74. The van der Waals surface area contributed by atoms with E-state index in [1.807, 2.05) is 29.2 Å². The van der Waals surface area contributed by atoms with Gasteiger partial charge in [-0.3, -0.25) is 9.80 Å². The summed E-state index contributed by atoms with van der Waals surface area (Å²) in [5, 5.41) is 3.08. The van der Waals surface area contributed by atoms with Crippen molar-refractivity contribution in [3.63, 3.8) is 0 Å². The quantitative estimate of drug-likeness (QED) is 0.533. The SMILES string of the molecule is COc1ccc(NC(=O)N2CC3(CCN(Cc4ccc(C)cc4)CC3)c3cc(C)ccc32)cc1. The highest BCUT2D eigenvalue weighted by Crippen LogP contribution is 2.47. The van der Waals surface area contributed by atoms with E-state index in [0.29, 0.717) is 0 Å². The van der Waals surface area contributed by atoms with Gasteiger partial charge in [0.25, 0.3) is 0 Å². The summed E-state index contributed by atoms with van der Waals surface area (Å²) in [6, 6.07) is 22.8. The van der Waals surface area contributed by atoms with Crippen LogP contribution in [0.3, 0.4) is 0 Å². The Bertz CT molecular complexity index is 1160. The first-order valence-corrected chi connectivity index (χ1v) is 12.1. The lowest BCUT2D eigenvalue weighted by molar-refractivity contribution is 0.160. The number of nitrogens with one attached hydrogen (secondary N) is 1. The van der Waals surface area contributed by atoms with Gasteiger partial charge in [-0.05, 0) is 81.2 Å². The topological polar surface area (TPSA) is 44.8 Å². The molecule has 0 unspecified atom stereocenters. The minimum Gasteiger partial charge on any atom is -0.497 e. The molecule has 1 spiro atoms. The van der Waals surface area contributed by atoms with Crippen molar-refractivity contribution in [1.29, 1.82) is 0 Å². The molecule has 0 aliphatic carbocycles. The summed E-state index contributed by atoms with van der Waals surface area (Å²) < 4.78 is 5.23. The molecule has 2 amide bonds. The molecule has 3 aromatic rings. The number of piperidine rings is 1. The Morgan fingerprint density at radius 2 is 1.62 bits per heavy atom. The van der Waals surface area contributed by atoms with E-state index in [2.05, 4.69) is 66.5 Å². The van der Waals surface area contributed by atoms with Crippen molar-refractivity contribution in [2.45, 2.75) is 38.6 Å². The van der Waals surface area contributed by atoms with Crippen LogP contribution in [0.5, 0.6) is 5.75 Å². The molecule has 0 radical (unpaired) electrons. The number of hydrogen-bond acceptors (Lipinski definition) is 3. The first-order chi connectivity index (χ1) is 16.5. The van der Waals surface area contributed by atoms with E-state index in [1.54, 1.807) is 7.11 Å². The van der Waals surface area contributed by atoms with Gasteiger partial charge in [0.2, 0.25) is 0 Å². The summed E-state index contributed by atoms with van der Waals surface area (Å²) in [5.41, 5.74) is 7.07. The molecule has 1 N–H and O–H groups in total. The van der Waals surface area contributed by atoms with E-state index < -0.39 is 0 Å². The molecule has 0 bridgehead atoms. The van der Waals surface area contributed by atoms with Crippen molar-refractivity contribution >= 4 is 17.4 Å². The Balaban J connectivity index is 1.32. The molecule has 1 fully saturated rings. The predicted molar refractivity (Wildman–Crippen MR) is 138 cm³/mol. The summed E-state index contributed by atoms with van der Waals surface area (Å²) in [4.78, 5) is 17.8. The Hall–Kier alpha value is -3.31. The predicted octanol–water partition coefficient (Wildman–Crippen LogP) is 5.90. The molecule has 176 valence electrons. The zero-order valence-electron chi connectivity index (χ0n) is 20.3. The number of aryl methyl sites for hydroxylation is 2. The molecule has 1 saturated heterocycles. The van der Waals surface area contributed by atoms with Crippen LogP contribution in [-0.4, -0.2) is 37.7 Å². The van der Waals surface area contributed by atoms with Gasteiger partial charge >= 0.3 is 6.03 Å². The molecule has 0 aromatic heterocycles. The first kappa shape index (κ1) is 22.5. The molecule has 0 atom stereocenters. The lowest BCUT2D eigenvalue weighted by Crippen LogP contribution is -2.46. The summed E-state index contributed by atoms with van der Waals surface area (Å²) in [5.74, 6) is 0.774. The number of amides is 2. The van der Waals surface area contributed by atoms with Crippen LogP contribution < -0.4 is 15.0 Å². The van der Waals surface area contributed by atoms with Crippen LogP contribution in [0.1, 0.15) is 35.1 Å². The van der Waals surface area contributed by atoms with Crippen LogP contribution in [0.4, 0.5) is 16.2 Å². The van der Waals surface area contributed by atoms with E-state index in [1.165, 1.54) is 22.3 Å². The summed E-state index contributed by atoms with van der Waals surface area (Å²) >= 11 is 0. The zero-order valence-corrected chi connectivity index (χ0v) is 20.3. The number of ether oxygens (including phenoxy) is 1. The van der Waals surface area contributed by atoms with E-state index >= 15 is 0 Å². The number of nitrogens with zero attached hydrogens (tertiary/aromatic N) is 2. The Morgan fingerprint density at radius 1 is 0.941 bits per heavy atom. The fraction of sp³-hybridized carbons (Fsp3) is 0.345. The molecule has 34 heavy (non-hydrogen) atoms. The first-order valence-electron chi connectivity index (χ1n) is 12.1. The van der Waals surface area contributed by atoms with Crippen LogP contribution in [0, 0.1) is 13.8 Å². The second-order valence-electron chi connectivity index (χ2n) is 9.81. The second kappa shape index (κ2) is 9.15. The van der Waals surface area contributed by atoms with Gasteiger partial charge in [0, 0.05) is 29.9 Å². The summed E-state index contributed by atoms with van der Waals surface area (Å²) in [7, 11) is 1.64. The molecule has 5 rings (SSSR count). The fourth-order valence-corrected chi connectivity index (χ4v) is 5.35. The van der Waals surface area contributed by atoms with Crippen LogP contribution in [0.2, 0.25) is 0 Å². The van der Waals surface area contributed by atoms with Crippen LogP contribution in [0.25, 0.3) is 0 Å². The highest BCUT2D eigenvalue weighted by atomic mass is 16.5. The van der Waals surface area contributed by atoms with Crippen molar-refractivity contribution in [3.05, 3.63) is 89.0 Å². The van der Waals surface area contributed by atoms with Gasteiger partial charge in [-0.25, -0.2) is 4.79 Å². The number of benzene rings is 3. The Morgan fingerprint density at radius 3 is 2.29 bits per heavy atom. The van der Waals surface area contributed by atoms with Crippen LogP contribution >= 0.6 is 0 Å². The standard InChI is InChI=1S/C29H33N3O2/c1-21-4-7-23(8-5-21)19-31-16-14-29(15-17-31)20-32(27-13-6-22(2)18-26(27)29)28(33)30-24-9-11-25(34-3)12-10-24/h4-13,18H,14-17,19-20H2,1-3H3,(H,30,33). The average Bonchev–Trinajstić information content (AvgIpc) is 3.16. The van der Waals surface area contributed by atoms with Gasteiger partial charge in [-0.15, -0.1) is 0 Å². The van der Waals surface area contributed by atoms with Crippen LogP contribution in [0.15, 0.2) is 66.7 Å². The van der Waals surface area contributed by atoms with E-state index in [4.69, 9.17) is 4.74 Å². The fourth-order valence-electron chi connectivity index (χ4n) is 5.35. The normalized spacial score (nSPS) is 17.0. The third kappa shape index (κ3) is 4.40. The summed E-state index contributed by atoms with van der Waals surface area (Å²) in [6.45, 7) is 8.06. The number of hydrogen-bond donors (Lipinski definition) is 1. The van der Waals surface area contributed by atoms with Crippen LogP contribution in [-0.2, 0) is 12.0 Å². The smallest absolute Gasteiger partial charge is 0.326 e. The number of anilines is 2.